The Hall–Kier alpha value is -1.16. The molecule has 0 radical (unpaired) electrons. The van der Waals surface area contributed by atoms with Crippen LogP contribution in [-0.2, 0) is 11.2 Å². The van der Waals surface area contributed by atoms with E-state index in [1.54, 1.807) is 11.8 Å². The molecule has 0 saturated heterocycles. The van der Waals surface area contributed by atoms with Gasteiger partial charge in [-0.2, -0.15) is 0 Å². The molecular weight excluding hydrogens is 306 g/mol. The number of amides is 1. The summed E-state index contributed by atoms with van der Waals surface area (Å²) in [5.74, 6) is 0.459. The van der Waals surface area contributed by atoms with Crippen molar-refractivity contribution in [2.45, 2.75) is 32.6 Å². The van der Waals surface area contributed by atoms with Gasteiger partial charge in [0.05, 0.1) is 0 Å². The van der Waals surface area contributed by atoms with Gasteiger partial charge >= 0.3 is 0 Å². The first kappa shape index (κ1) is 12.9. The predicted molar refractivity (Wildman–Crippen MR) is 77.5 cm³/mol. The molecule has 0 N–H and O–H groups in total. The van der Waals surface area contributed by atoms with E-state index in [1.807, 2.05) is 12.1 Å². The van der Waals surface area contributed by atoms with Gasteiger partial charge in [-0.1, -0.05) is 15.9 Å². The molecule has 0 aromatic heterocycles. The van der Waals surface area contributed by atoms with Gasteiger partial charge in [0.15, 0.2) is 5.78 Å². The number of halogens is 1. The third-order valence-corrected chi connectivity index (χ3v) is 4.54. The van der Waals surface area contributed by atoms with Crippen molar-refractivity contribution in [1.82, 2.24) is 0 Å². The van der Waals surface area contributed by atoms with Crippen LogP contribution in [0.5, 0.6) is 0 Å². The number of carbonyl (C=O) groups excluding carboxylic acids is 2. The lowest BCUT2D eigenvalue weighted by molar-refractivity contribution is -0.116. The molecule has 2 aliphatic rings. The average molecular weight is 322 g/mol. The van der Waals surface area contributed by atoms with Gasteiger partial charge < -0.3 is 4.90 Å². The summed E-state index contributed by atoms with van der Waals surface area (Å²) < 4.78 is 0.869. The standard InChI is InChI=1S/C15H16BrNO2/c1-9(18)17-6-2-3-11-7-13(16)12(8-14(11)17)15(19)10-4-5-10/h7-8,10H,2-6H2,1H3. The van der Waals surface area contributed by atoms with Gasteiger partial charge in [-0.15, -0.1) is 0 Å². The SMILES string of the molecule is CC(=O)N1CCCc2cc(Br)c(C(=O)C3CC3)cc21. The lowest BCUT2D eigenvalue weighted by atomic mass is 9.97. The zero-order chi connectivity index (χ0) is 13.6. The maximum absolute atomic E-state index is 12.3. The quantitative estimate of drug-likeness (QED) is 0.783. The average Bonchev–Trinajstić information content (AvgIpc) is 3.20. The number of benzene rings is 1. The number of Topliss-reactive ketones (excluding diaryl/α,β-unsaturated/α-hetero) is 1. The largest absolute Gasteiger partial charge is 0.312 e. The lowest BCUT2D eigenvalue weighted by Gasteiger charge is -2.29. The summed E-state index contributed by atoms with van der Waals surface area (Å²) in [6.07, 6.45) is 3.95. The van der Waals surface area contributed by atoms with Gasteiger partial charge in [-0.05, 0) is 43.4 Å². The van der Waals surface area contributed by atoms with Crippen LogP contribution >= 0.6 is 15.9 Å². The summed E-state index contributed by atoms with van der Waals surface area (Å²) in [4.78, 5) is 25.7. The van der Waals surface area contributed by atoms with Crippen molar-refractivity contribution in [2.75, 3.05) is 11.4 Å². The Morgan fingerprint density at radius 2 is 2.05 bits per heavy atom. The number of aryl methyl sites for hydroxylation is 1. The van der Waals surface area contributed by atoms with Crippen molar-refractivity contribution >= 4 is 33.3 Å². The van der Waals surface area contributed by atoms with E-state index in [0.29, 0.717) is 0 Å². The fourth-order valence-electron chi connectivity index (χ4n) is 2.68. The molecule has 1 aliphatic heterocycles. The monoisotopic (exact) mass is 321 g/mol. The van der Waals surface area contributed by atoms with E-state index in [0.717, 1.165) is 53.5 Å². The van der Waals surface area contributed by atoms with Crippen molar-refractivity contribution in [1.29, 1.82) is 0 Å². The second kappa shape index (κ2) is 4.75. The highest BCUT2D eigenvalue weighted by molar-refractivity contribution is 9.10. The van der Waals surface area contributed by atoms with Crippen molar-refractivity contribution in [2.24, 2.45) is 5.92 Å². The molecule has 0 atom stereocenters. The topological polar surface area (TPSA) is 37.4 Å². The highest BCUT2D eigenvalue weighted by atomic mass is 79.9. The molecule has 0 spiro atoms. The summed E-state index contributed by atoms with van der Waals surface area (Å²) in [6, 6.07) is 3.92. The zero-order valence-corrected chi connectivity index (χ0v) is 12.5. The highest BCUT2D eigenvalue weighted by Crippen LogP contribution is 2.38. The normalized spacial score (nSPS) is 18.1. The van der Waals surface area contributed by atoms with Crippen LogP contribution in [0.15, 0.2) is 16.6 Å². The van der Waals surface area contributed by atoms with E-state index < -0.39 is 0 Å². The van der Waals surface area contributed by atoms with Gasteiger partial charge in [0.25, 0.3) is 0 Å². The number of hydrogen-bond donors (Lipinski definition) is 0. The van der Waals surface area contributed by atoms with Crippen molar-refractivity contribution < 1.29 is 9.59 Å². The fraction of sp³-hybridized carbons (Fsp3) is 0.467. The van der Waals surface area contributed by atoms with Crippen molar-refractivity contribution in [3.63, 3.8) is 0 Å². The summed E-state index contributed by atoms with van der Waals surface area (Å²) in [6.45, 7) is 2.33. The minimum absolute atomic E-state index is 0.0492. The second-order valence-electron chi connectivity index (χ2n) is 5.37. The minimum Gasteiger partial charge on any atom is -0.312 e. The van der Waals surface area contributed by atoms with Crippen LogP contribution in [0.1, 0.15) is 42.1 Å². The number of hydrogen-bond acceptors (Lipinski definition) is 2. The molecule has 3 nitrogen and oxygen atoms in total. The molecule has 100 valence electrons. The third-order valence-electron chi connectivity index (χ3n) is 3.88. The Morgan fingerprint density at radius 3 is 2.68 bits per heavy atom. The Kier molecular flexibility index (Phi) is 3.21. The van der Waals surface area contributed by atoms with E-state index in [9.17, 15) is 9.59 Å². The van der Waals surface area contributed by atoms with Crippen LogP contribution in [-0.4, -0.2) is 18.2 Å². The van der Waals surface area contributed by atoms with Crippen LogP contribution in [0.4, 0.5) is 5.69 Å². The molecule has 1 amide bonds. The van der Waals surface area contributed by atoms with Gasteiger partial charge in [0, 0.05) is 35.1 Å². The molecule has 1 aliphatic carbocycles. The van der Waals surface area contributed by atoms with Gasteiger partial charge in [-0.3, -0.25) is 9.59 Å². The number of fused-ring (bicyclic) bond motifs is 1. The van der Waals surface area contributed by atoms with Gasteiger partial charge in [-0.25, -0.2) is 0 Å². The van der Waals surface area contributed by atoms with Gasteiger partial charge in [0.2, 0.25) is 5.91 Å². The predicted octanol–water partition coefficient (Wildman–Crippen LogP) is 3.34. The van der Waals surface area contributed by atoms with E-state index in [2.05, 4.69) is 15.9 Å². The van der Waals surface area contributed by atoms with E-state index in [4.69, 9.17) is 0 Å². The molecule has 19 heavy (non-hydrogen) atoms. The minimum atomic E-state index is 0.0492. The fourth-order valence-corrected chi connectivity index (χ4v) is 3.27. The molecule has 1 aromatic carbocycles. The Balaban J connectivity index is 2.06. The number of anilines is 1. The smallest absolute Gasteiger partial charge is 0.223 e. The Labute approximate surface area is 121 Å². The first-order chi connectivity index (χ1) is 9.08. The summed E-state index contributed by atoms with van der Waals surface area (Å²) in [5, 5.41) is 0. The first-order valence-electron chi connectivity index (χ1n) is 6.72. The number of rotatable bonds is 2. The molecule has 0 unspecified atom stereocenters. The molecule has 0 bridgehead atoms. The molecular formula is C15H16BrNO2. The summed E-state index contributed by atoms with van der Waals surface area (Å²) >= 11 is 3.50. The third kappa shape index (κ3) is 2.34. The molecule has 1 fully saturated rings. The van der Waals surface area contributed by atoms with Crippen LogP contribution in [0.2, 0.25) is 0 Å². The molecule has 4 heteroatoms. The van der Waals surface area contributed by atoms with Crippen LogP contribution in [0.25, 0.3) is 0 Å². The van der Waals surface area contributed by atoms with Crippen LogP contribution in [0, 0.1) is 5.92 Å². The number of nitrogens with zero attached hydrogens (tertiary/aromatic N) is 1. The summed E-state index contributed by atoms with van der Waals surface area (Å²) in [5.41, 5.74) is 2.81. The molecule has 1 aromatic rings. The molecule has 1 heterocycles. The van der Waals surface area contributed by atoms with Crippen molar-refractivity contribution in [3.05, 3.63) is 27.7 Å². The summed E-state index contributed by atoms with van der Waals surface area (Å²) in [7, 11) is 0. The van der Waals surface area contributed by atoms with Crippen LogP contribution < -0.4 is 4.90 Å². The van der Waals surface area contributed by atoms with E-state index in [-0.39, 0.29) is 17.6 Å². The van der Waals surface area contributed by atoms with Crippen LogP contribution in [0.3, 0.4) is 0 Å². The number of carbonyl (C=O) groups is 2. The maximum Gasteiger partial charge on any atom is 0.223 e. The first-order valence-corrected chi connectivity index (χ1v) is 7.52. The second-order valence-corrected chi connectivity index (χ2v) is 6.23. The molecule has 1 saturated carbocycles. The zero-order valence-electron chi connectivity index (χ0n) is 10.9. The van der Waals surface area contributed by atoms with E-state index >= 15 is 0 Å². The molecule has 3 rings (SSSR count). The van der Waals surface area contributed by atoms with Crippen molar-refractivity contribution in [3.8, 4) is 0 Å². The Morgan fingerprint density at radius 1 is 1.32 bits per heavy atom. The maximum atomic E-state index is 12.3. The lowest BCUT2D eigenvalue weighted by Crippen LogP contribution is -2.33. The van der Waals surface area contributed by atoms with Gasteiger partial charge in [0.1, 0.15) is 0 Å². The highest BCUT2D eigenvalue weighted by Gasteiger charge is 2.32. The van der Waals surface area contributed by atoms with E-state index in [1.165, 1.54) is 0 Å². The number of ketones is 1. The Bertz CT molecular complexity index is 564.